The van der Waals surface area contributed by atoms with Crippen LogP contribution in [0.4, 0.5) is 10.2 Å². The Bertz CT molecular complexity index is 1060. The van der Waals surface area contributed by atoms with Gasteiger partial charge in [-0.3, -0.25) is 4.79 Å². The van der Waals surface area contributed by atoms with E-state index in [9.17, 15) is 14.3 Å². The molecule has 0 aromatic carbocycles. The van der Waals surface area contributed by atoms with Gasteiger partial charge in [-0.1, -0.05) is 24.9 Å². The number of hydrogen-bond donors (Lipinski definition) is 3. The highest BCUT2D eigenvalue weighted by molar-refractivity contribution is 6.31. The van der Waals surface area contributed by atoms with Crippen LogP contribution in [0, 0.1) is 17.7 Å². The Morgan fingerprint density at radius 3 is 2.97 bits per heavy atom. The highest BCUT2D eigenvalue weighted by Crippen LogP contribution is 2.37. The van der Waals surface area contributed by atoms with Crippen molar-refractivity contribution in [3.63, 3.8) is 0 Å². The lowest BCUT2D eigenvalue weighted by Gasteiger charge is -2.22. The number of carboxylic acid groups (broad SMARTS) is 1. The van der Waals surface area contributed by atoms with E-state index in [-0.39, 0.29) is 17.8 Å². The first-order chi connectivity index (χ1) is 14.0. The van der Waals surface area contributed by atoms with Gasteiger partial charge in [0.25, 0.3) is 0 Å². The maximum atomic E-state index is 14.4. The van der Waals surface area contributed by atoms with Crippen molar-refractivity contribution in [3.8, 4) is 11.4 Å². The average Bonchev–Trinajstić information content (AvgIpc) is 3.28. The third kappa shape index (κ3) is 3.76. The second kappa shape index (κ2) is 7.94. The number of halogens is 2. The zero-order valence-corrected chi connectivity index (χ0v) is 16.6. The number of carboxylic acids is 1. The summed E-state index contributed by atoms with van der Waals surface area (Å²) in [6.07, 6.45) is 7.54. The number of fused-ring (bicyclic) bond motifs is 1. The van der Waals surface area contributed by atoms with Gasteiger partial charge in [-0.15, -0.1) is 0 Å². The van der Waals surface area contributed by atoms with Crippen molar-refractivity contribution >= 4 is 34.4 Å². The van der Waals surface area contributed by atoms with E-state index in [1.165, 1.54) is 6.20 Å². The smallest absolute Gasteiger partial charge is 0.308 e. The molecule has 0 saturated heterocycles. The molecule has 0 bridgehead atoms. The van der Waals surface area contributed by atoms with Crippen LogP contribution < -0.4 is 5.32 Å². The van der Waals surface area contributed by atoms with E-state index in [1.807, 2.05) is 6.92 Å². The summed E-state index contributed by atoms with van der Waals surface area (Å²) in [7, 11) is 0. The van der Waals surface area contributed by atoms with Crippen LogP contribution in [0.3, 0.4) is 0 Å². The summed E-state index contributed by atoms with van der Waals surface area (Å²) in [5.41, 5.74) is 1.26. The molecule has 9 heteroatoms. The molecule has 3 heterocycles. The van der Waals surface area contributed by atoms with E-state index in [0.717, 1.165) is 30.8 Å². The van der Waals surface area contributed by atoms with Crippen molar-refractivity contribution in [2.75, 3.05) is 5.32 Å². The van der Waals surface area contributed by atoms with E-state index in [0.29, 0.717) is 28.5 Å². The zero-order chi connectivity index (χ0) is 20.5. The molecular weight excluding hydrogens is 397 g/mol. The molecule has 7 nitrogen and oxygen atoms in total. The molecule has 0 radical (unpaired) electrons. The molecule has 3 N–H and O–H groups in total. The standard InChI is InChI=1S/C20H21ClFN5O2/c1-2-3-10-4-5-15(16(10)20(28)29)26-19-14(22)9-25-18(27-19)13-8-24-17-12(13)6-11(21)7-23-17/h6-10,15-16H,2-5H2,1H3,(H,23,24)(H,28,29)(H,25,26,27)/t10?,15-,16?/m1/s1. The van der Waals surface area contributed by atoms with Gasteiger partial charge >= 0.3 is 5.97 Å². The maximum Gasteiger partial charge on any atom is 0.308 e. The number of pyridine rings is 1. The van der Waals surface area contributed by atoms with E-state index >= 15 is 0 Å². The fourth-order valence-electron chi connectivity index (χ4n) is 4.25. The van der Waals surface area contributed by atoms with E-state index in [2.05, 4.69) is 25.3 Å². The second-order valence-corrected chi connectivity index (χ2v) is 7.82. The van der Waals surface area contributed by atoms with Crippen molar-refractivity contribution in [2.24, 2.45) is 11.8 Å². The molecular formula is C20H21ClFN5O2. The minimum absolute atomic E-state index is 0.00716. The van der Waals surface area contributed by atoms with Crippen molar-refractivity contribution < 1.29 is 14.3 Å². The van der Waals surface area contributed by atoms with Crippen molar-refractivity contribution in [2.45, 2.75) is 38.6 Å². The number of hydrogen-bond acceptors (Lipinski definition) is 5. The summed E-state index contributed by atoms with van der Waals surface area (Å²) in [6, 6.07) is 1.36. The summed E-state index contributed by atoms with van der Waals surface area (Å²) in [4.78, 5) is 27.5. The number of H-pyrrole nitrogens is 1. The number of aromatic amines is 1. The molecule has 0 amide bonds. The van der Waals surface area contributed by atoms with E-state index in [4.69, 9.17) is 11.6 Å². The summed E-state index contributed by atoms with van der Waals surface area (Å²) in [6.45, 7) is 2.04. The maximum absolute atomic E-state index is 14.4. The van der Waals surface area contributed by atoms with Crippen LogP contribution in [0.1, 0.15) is 32.6 Å². The number of nitrogens with zero attached hydrogens (tertiary/aromatic N) is 3. The largest absolute Gasteiger partial charge is 0.481 e. The molecule has 29 heavy (non-hydrogen) atoms. The predicted octanol–water partition coefficient (Wildman–Crippen LogP) is 4.50. The Kier molecular flexibility index (Phi) is 5.36. The van der Waals surface area contributed by atoms with Crippen LogP contribution in [0.15, 0.2) is 24.7 Å². The Morgan fingerprint density at radius 2 is 2.21 bits per heavy atom. The lowest BCUT2D eigenvalue weighted by molar-refractivity contribution is -0.143. The van der Waals surface area contributed by atoms with E-state index < -0.39 is 17.7 Å². The Labute approximate surface area is 171 Å². The minimum atomic E-state index is -0.856. The SMILES string of the molecule is CCCC1CC[C@@H](Nc2nc(-c3c[nH]c4ncc(Cl)cc34)ncc2F)C1C(=O)O. The summed E-state index contributed by atoms with van der Waals surface area (Å²) >= 11 is 6.04. The summed E-state index contributed by atoms with van der Waals surface area (Å²) in [5, 5.41) is 13.9. The van der Waals surface area contributed by atoms with Crippen molar-refractivity contribution in [1.29, 1.82) is 0 Å². The fraction of sp³-hybridized carbons (Fsp3) is 0.400. The molecule has 3 aromatic rings. The fourth-order valence-corrected chi connectivity index (χ4v) is 4.41. The van der Waals surface area contributed by atoms with Crippen LogP contribution in [-0.4, -0.2) is 37.1 Å². The third-order valence-electron chi connectivity index (χ3n) is 5.54. The molecule has 0 spiro atoms. The molecule has 1 fully saturated rings. The Hall–Kier alpha value is -2.74. The predicted molar refractivity (Wildman–Crippen MR) is 108 cm³/mol. The summed E-state index contributed by atoms with van der Waals surface area (Å²) in [5.74, 6) is -1.64. The van der Waals surface area contributed by atoms with Crippen LogP contribution in [0.5, 0.6) is 0 Å². The lowest BCUT2D eigenvalue weighted by Crippen LogP contribution is -2.34. The molecule has 152 valence electrons. The Morgan fingerprint density at radius 1 is 1.38 bits per heavy atom. The normalized spacial score (nSPS) is 21.6. The van der Waals surface area contributed by atoms with Crippen LogP contribution in [0.2, 0.25) is 5.02 Å². The zero-order valence-electron chi connectivity index (χ0n) is 15.8. The topological polar surface area (TPSA) is 104 Å². The molecule has 2 unspecified atom stereocenters. The molecule has 1 saturated carbocycles. The van der Waals surface area contributed by atoms with Crippen molar-refractivity contribution in [1.82, 2.24) is 19.9 Å². The van der Waals surface area contributed by atoms with Crippen molar-refractivity contribution in [3.05, 3.63) is 35.5 Å². The molecule has 4 rings (SSSR count). The van der Waals surface area contributed by atoms with Gasteiger partial charge in [0.1, 0.15) is 5.65 Å². The quantitative estimate of drug-likeness (QED) is 0.545. The third-order valence-corrected chi connectivity index (χ3v) is 5.75. The summed E-state index contributed by atoms with van der Waals surface area (Å²) < 4.78 is 14.4. The van der Waals surface area contributed by atoms with Gasteiger partial charge in [0.15, 0.2) is 17.5 Å². The highest BCUT2D eigenvalue weighted by atomic mass is 35.5. The monoisotopic (exact) mass is 417 g/mol. The number of anilines is 1. The van der Waals surface area contributed by atoms with Gasteiger partial charge in [-0.2, -0.15) is 0 Å². The van der Waals surface area contributed by atoms with Crippen LogP contribution >= 0.6 is 11.6 Å². The molecule has 3 aromatic heterocycles. The van der Waals surface area contributed by atoms with Gasteiger partial charge < -0.3 is 15.4 Å². The Balaban J connectivity index is 1.65. The molecule has 1 aliphatic carbocycles. The number of rotatable bonds is 6. The van der Waals surface area contributed by atoms with Gasteiger partial charge in [0.2, 0.25) is 0 Å². The highest BCUT2D eigenvalue weighted by Gasteiger charge is 2.41. The first-order valence-electron chi connectivity index (χ1n) is 9.62. The number of aliphatic carboxylic acids is 1. The number of carbonyl (C=O) groups is 1. The van der Waals surface area contributed by atoms with Gasteiger partial charge in [-0.25, -0.2) is 19.3 Å². The number of nitrogens with one attached hydrogen (secondary N) is 2. The van der Waals surface area contributed by atoms with Crippen LogP contribution in [-0.2, 0) is 4.79 Å². The number of aromatic nitrogens is 4. The lowest BCUT2D eigenvalue weighted by atomic mass is 9.90. The van der Waals surface area contributed by atoms with Gasteiger partial charge in [0, 0.05) is 29.4 Å². The molecule has 3 atom stereocenters. The molecule has 0 aliphatic heterocycles. The second-order valence-electron chi connectivity index (χ2n) is 7.38. The molecule has 1 aliphatic rings. The minimum Gasteiger partial charge on any atom is -0.481 e. The average molecular weight is 418 g/mol. The first kappa shape index (κ1) is 19.6. The van der Waals surface area contributed by atoms with Crippen LogP contribution in [0.25, 0.3) is 22.4 Å². The first-order valence-corrected chi connectivity index (χ1v) is 10.0. The van der Waals surface area contributed by atoms with Gasteiger partial charge in [-0.05, 0) is 31.2 Å². The van der Waals surface area contributed by atoms with E-state index in [1.54, 1.807) is 12.3 Å². The van der Waals surface area contributed by atoms with Gasteiger partial charge in [0.05, 0.1) is 17.1 Å².